The van der Waals surface area contributed by atoms with E-state index in [9.17, 15) is 4.79 Å². The Morgan fingerprint density at radius 1 is 0.854 bits per heavy atom. The lowest BCUT2D eigenvalue weighted by Gasteiger charge is -2.37. The van der Waals surface area contributed by atoms with E-state index in [1.54, 1.807) is 0 Å². The van der Waals surface area contributed by atoms with Gasteiger partial charge in [-0.2, -0.15) is 0 Å². The van der Waals surface area contributed by atoms with Gasteiger partial charge in [-0.05, 0) is 73.2 Å². The SMILES string of the molecule is Cc1ccc(-c2ccc3c(c2)C=C(C(=O)Nc2ccc(C[N+]4(C)CCCCC4)cc2)CC(c2ccccc2)O3)cc1. The van der Waals surface area contributed by atoms with Crippen LogP contribution in [0.5, 0.6) is 5.75 Å². The van der Waals surface area contributed by atoms with Crippen LogP contribution < -0.4 is 10.1 Å². The van der Waals surface area contributed by atoms with Crippen LogP contribution in [0.4, 0.5) is 5.69 Å². The number of amides is 1. The number of nitrogens with zero attached hydrogens (tertiary/aromatic N) is 1. The van der Waals surface area contributed by atoms with Gasteiger partial charge in [-0.3, -0.25) is 4.79 Å². The number of carbonyl (C=O) groups excluding carboxylic acids is 1. The molecule has 1 saturated heterocycles. The predicted molar refractivity (Wildman–Crippen MR) is 168 cm³/mol. The van der Waals surface area contributed by atoms with Gasteiger partial charge in [-0.15, -0.1) is 0 Å². The van der Waals surface area contributed by atoms with Gasteiger partial charge in [0.1, 0.15) is 18.4 Å². The van der Waals surface area contributed by atoms with Crippen molar-refractivity contribution in [2.45, 2.75) is 45.3 Å². The van der Waals surface area contributed by atoms with Crippen LogP contribution in [-0.2, 0) is 11.3 Å². The predicted octanol–water partition coefficient (Wildman–Crippen LogP) is 8.34. The summed E-state index contributed by atoms with van der Waals surface area (Å²) in [6.07, 6.45) is 6.20. The number of quaternary nitrogens is 1. The summed E-state index contributed by atoms with van der Waals surface area (Å²) in [5.74, 6) is 0.696. The summed E-state index contributed by atoms with van der Waals surface area (Å²) in [5.41, 5.74) is 8.28. The summed E-state index contributed by atoms with van der Waals surface area (Å²) in [6.45, 7) is 5.61. The molecule has 4 aromatic rings. The van der Waals surface area contributed by atoms with Crippen molar-refractivity contribution >= 4 is 17.7 Å². The molecule has 1 N–H and O–H groups in total. The lowest BCUT2D eigenvalue weighted by molar-refractivity contribution is -0.926. The van der Waals surface area contributed by atoms with E-state index < -0.39 is 0 Å². The quantitative estimate of drug-likeness (QED) is 0.248. The molecular weight excluding hydrogens is 504 g/mol. The van der Waals surface area contributed by atoms with E-state index in [4.69, 9.17) is 4.74 Å². The number of nitrogens with one attached hydrogen (secondary N) is 1. The number of hydrogen-bond acceptors (Lipinski definition) is 2. The summed E-state index contributed by atoms with van der Waals surface area (Å²) < 4.78 is 7.65. The van der Waals surface area contributed by atoms with Crippen LogP contribution in [0.25, 0.3) is 17.2 Å². The van der Waals surface area contributed by atoms with Crippen LogP contribution in [0, 0.1) is 6.92 Å². The lowest BCUT2D eigenvalue weighted by atomic mass is 9.98. The Balaban J connectivity index is 1.26. The van der Waals surface area contributed by atoms with Crippen molar-refractivity contribution < 1.29 is 14.0 Å². The third-order valence-corrected chi connectivity index (χ3v) is 8.53. The first-order chi connectivity index (χ1) is 19.9. The Hall–Kier alpha value is -4.15. The Morgan fingerprint density at radius 3 is 2.29 bits per heavy atom. The molecule has 4 nitrogen and oxygen atoms in total. The van der Waals surface area contributed by atoms with Crippen LogP contribution in [0.2, 0.25) is 0 Å². The highest BCUT2D eigenvalue weighted by molar-refractivity contribution is 6.07. The van der Waals surface area contributed by atoms with Crippen molar-refractivity contribution in [2.75, 3.05) is 25.5 Å². The maximum atomic E-state index is 13.7. The maximum absolute atomic E-state index is 13.7. The molecule has 6 rings (SSSR count). The first kappa shape index (κ1) is 27.0. The third kappa shape index (κ3) is 6.44. The van der Waals surface area contributed by atoms with Gasteiger partial charge in [0.2, 0.25) is 0 Å². The second-order valence-electron chi connectivity index (χ2n) is 11.9. The third-order valence-electron chi connectivity index (χ3n) is 8.53. The summed E-state index contributed by atoms with van der Waals surface area (Å²) in [7, 11) is 2.36. The zero-order valence-corrected chi connectivity index (χ0v) is 24.1. The van der Waals surface area contributed by atoms with Gasteiger partial charge in [0.05, 0.1) is 20.1 Å². The molecule has 41 heavy (non-hydrogen) atoms. The number of likely N-dealkylation sites (tertiary alicyclic amines) is 1. The van der Waals surface area contributed by atoms with Crippen molar-refractivity contribution in [2.24, 2.45) is 0 Å². The number of anilines is 1. The molecule has 208 valence electrons. The highest BCUT2D eigenvalue weighted by Crippen LogP contribution is 2.38. The van der Waals surface area contributed by atoms with Gasteiger partial charge < -0.3 is 14.5 Å². The average Bonchev–Trinajstić information content (AvgIpc) is 3.19. The fraction of sp³-hybridized carbons (Fsp3) is 0.270. The molecule has 1 amide bonds. The number of aryl methyl sites for hydroxylation is 1. The van der Waals surface area contributed by atoms with Gasteiger partial charge in [0.15, 0.2) is 0 Å². The summed E-state index contributed by atoms with van der Waals surface area (Å²) in [6, 6.07) is 33.3. The molecule has 1 atom stereocenters. The molecule has 0 spiro atoms. The summed E-state index contributed by atoms with van der Waals surface area (Å²) in [5, 5.41) is 3.17. The molecule has 0 aromatic heterocycles. The number of piperidine rings is 1. The molecule has 0 saturated carbocycles. The number of hydrogen-bond donors (Lipinski definition) is 1. The highest BCUT2D eigenvalue weighted by atomic mass is 16.5. The van der Waals surface area contributed by atoms with E-state index in [0.29, 0.717) is 12.0 Å². The number of rotatable bonds is 6. The molecule has 0 bridgehead atoms. The van der Waals surface area contributed by atoms with Crippen molar-refractivity contribution in [1.29, 1.82) is 0 Å². The summed E-state index contributed by atoms with van der Waals surface area (Å²) in [4.78, 5) is 13.7. The minimum absolute atomic E-state index is 0.0918. The van der Waals surface area contributed by atoms with Gasteiger partial charge in [-0.1, -0.05) is 78.4 Å². The molecule has 1 fully saturated rings. The molecule has 1 unspecified atom stereocenters. The van der Waals surface area contributed by atoms with E-state index in [1.807, 2.05) is 42.5 Å². The summed E-state index contributed by atoms with van der Waals surface area (Å²) >= 11 is 0. The van der Waals surface area contributed by atoms with Gasteiger partial charge in [0, 0.05) is 28.8 Å². The Bertz CT molecular complexity index is 1530. The molecule has 4 heteroatoms. The zero-order chi connectivity index (χ0) is 28.2. The number of carbonyl (C=O) groups is 1. The lowest BCUT2D eigenvalue weighted by Crippen LogP contribution is -2.46. The molecule has 0 aliphatic carbocycles. The second-order valence-corrected chi connectivity index (χ2v) is 11.9. The minimum atomic E-state index is -0.254. The van der Waals surface area contributed by atoms with Crippen LogP contribution in [0.3, 0.4) is 0 Å². The van der Waals surface area contributed by atoms with Crippen LogP contribution in [-0.4, -0.2) is 30.5 Å². The van der Waals surface area contributed by atoms with Crippen molar-refractivity contribution in [3.05, 3.63) is 125 Å². The fourth-order valence-electron chi connectivity index (χ4n) is 6.13. The van der Waals surface area contributed by atoms with E-state index in [2.05, 4.69) is 80.0 Å². The van der Waals surface area contributed by atoms with E-state index in [0.717, 1.165) is 44.7 Å². The molecule has 2 aliphatic rings. The van der Waals surface area contributed by atoms with Gasteiger partial charge in [-0.25, -0.2) is 0 Å². The van der Waals surface area contributed by atoms with Crippen molar-refractivity contribution in [1.82, 2.24) is 0 Å². The van der Waals surface area contributed by atoms with Crippen molar-refractivity contribution in [3.8, 4) is 16.9 Å². The Morgan fingerprint density at radius 2 is 1.56 bits per heavy atom. The Kier molecular flexibility index (Phi) is 7.76. The monoisotopic (exact) mass is 543 g/mol. The molecule has 2 aliphatic heterocycles. The molecular formula is C37H39N2O2+. The van der Waals surface area contributed by atoms with E-state index in [1.165, 1.54) is 43.5 Å². The largest absolute Gasteiger partial charge is 0.485 e. The second kappa shape index (κ2) is 11.8. The smallest absolute Gasteiger partial charge is 0.251 e. The Labute approximate surface area is 243 Å². The molecule has 2 heterocycles. The topological polar surface area (TPSA) is 38.3 Å². The first-order valence-corrected chi connectivity index (χ1v) is 14.8. The van der Waals surface area contributed by atoms with Crippen LogP contribution in [0.1, 0.15) is 54.0 Å². The van der Waals surface area contributed by atoms with Gasteiger partial charge in [0.25, 0.3) is 5.91 Å². The minimum Gasteiger partial charge on any atom is -0.485 e. The standard InChI is InChI=1S/C37H38N2O2/c1-27-11-15-29(16-12-27)31-17-20-35-32(23-31)24-33(25-36(41-35)30-9-5-3-6-10-30)37(40)38-34-18-13-28(14-19-34)26-39(2)21-7-4-8-22-39/h3,5-6,9-20,23-24,36H,4,7-8,21-22,25-26H2,1-2H3/p+1. The highest BCUT2D eigenvalue weighted by Gasteiger charge is 2.26. The number of fused-ring (bicyclic) bond motifs is 1. The first-order valence-electron chi connectivity index (χ1n) is 14.8. The van der Waals surface area contributed by atoms with Gasteiger partial charge >= 0.3 is 0 Å². The maximum Gasteiger partial charge on any atom is 0.251 e. The van der Waals surface area contributed by atoms with Crippen LogP contribution in [0.15, 0.2) is 103 Å². The van der Waals surface area contributed by atoms with E-state index in [-0.39, 0.29) is 12.0 Å². The zero-order valence-electron chi connectivity index (χ0n) is 24.1. The average molecular weight is 544 g/mol. The number of ether oxygens (including phenoxy) is 1. The van der Waals surface area contributed by atoms with E-state index >= 15 is 0 Å². The normalized spacial score (nSPS) is 17.9. The van der Waals surface area contributed by atoms with Crippen molar-refractivity contribution in [3.63, 3.8) is 0 Å². The molecule has 0 radical (unpaired) electrons. The molecule has 4 aromatic carbocycles. The number of benzene rings is 4. The van der Waals surface area contributed by atoms with Crippen LogP contribution >= 0.6 is 0 Å². The fourth-order valence-corrected chi connectivity index (χ4v) is 6.13.